The van der Waals surface area contributed by atoms with Crippen molar-refractivity contribution in [1.82, 2.24) is 0 Å². The van der Waals surface area contributed by atoms with Gasteiger partial charge in [0, 0.05) is 75.1 Å². The van der Waals surface area contributed by atoms with Crippen LogP contribution in [0, 0.1) is 0 Å². The molecule has 4 aliphatic heterocycles. The maximum atomic E-state index is 2.57. The van der Waals surface area contributed by atoms with Crippen molar-refractivity contribution in [2.75, 3.05) is 72.0 Å². The van der Waals surface area contributed by atoms with Crippen molar-refractivity contribution < 1.29 is 0 Å². The highest BCUT2D eigenvalue weighted by molar-refractivity contribution is 7.80. The molecule has 4 saturated heterocycles. The highest BCUT2D eigenvalue weighted by Gasteiger charge is 2.29. The van der Waals surface area contributed by atoms with Gasteiger partial charge in [-0.3, -0.25) is 0 Å². The van der Waals surface area contributed by atoms with Crippen molar-refractivity contribution >= 4 is 92.0 Å². The Bertz CT molecular complexity index is 2620. The van der Waals surface area contributed by atoms with E-state index in [9.17, 15) is 0 Å². The van der Waals surface area contributed by atoms with E-state index in [1.165, 1.54) is 139 Å². The fourth-order valence-electron chi connectivity index (χ4n) is 11.4. The number of hydrogen-bond donors (Lipinski definition) is 0. The van der Waals surface area contributed by atoms with E-state index in [0.29, 0.717) is 0 Å². The topological polar surface area (TPSA) is 13.0 Å². The predicted octanol–water partition coefficient (Wildman–Crippen LogP) is 11.6. The Hall–Kier alpha value is -5.66. The van der Waals surface area contributed by atoms with Gasteiger partial charge in [-0.25, -0.2) is 0 Å². The summed E-state index contributed by atoms with van der Waals surface area (Å²) < 4.78 is 0. The summed E-state index contributed by atoms with van der Waals surface area (Å²) >= 11 is 0. The van der Waals surface area contributed by atoms with Crippen LogP contribution in [-0.4, -0.2) is 52.4 Å². The van der Waals surface area contributed by atoms with Crippen molar-refractivity contribution in [2.24, 2.45) is 0 Å². The molecule has 66 heavy (non-hydrogen) atoms. The van der Waals surface area contributed by atoms with Crippen molar-refractivity contribution in [3.63, 3.8) is 0 Å². The lowest BCUT2D eigenvalue weighted by atomic mass is 9.93. The van der Waals surface area contributed by atoms with Gasteiger partial charge in [-0.15, -0.1) is 0 Å². The largest absolute Gasteiger partial charge is 0.372 e. The van der Waals surface area contributed by atoms with Gasteiger partial charge in [-0.1, -0.05) is 121 Å². The first-order valence-corrected chi connectivity index (χ1v) is 27.5. The van der Waals surface area contributed by atoms with Crippen LogP contribution in [0.4, 0.5) is 22.7 Å². The van der Waals surface area contributed by atoms with Gasteiger partial charge in [-0.2, -0.15) is 0 Å². The zero-order chi connectivity index (χ0) is 43.8. The molecule has 0 amide bonds. The average molecular weight is 899 g/mol. The molecule has 8 aromatic carbocycles. The van der Waals surface area contributed by atoms with E-state index in [-0.39, 0.29) is 0 Å². The van der Waals surface area contributed by atoms with E-state index >= 15 is 0 Å². The molecule has 0 bridgehead atoms. The fraction of sp³-hybridized carbons (Fsp3) is 0.267. The molecule has 0 N–H and O–H groups in total. The molecule has 0 atom stereocenters. The summed E-state index contributed by atoms with van der Waals surface area (Å²) in [5.74, 6) is 0. The van der Waals surface area contributed by atoms with Gasteiger partial charge in [-0.05, 0) is 180 Å². The molecule has 0 radical (unpaired) electrons. The molecular weight excluding hydrogens is 839 g/mol. The lowest BCUT2D eigenvalue weighted by molar-refractivity contribution is 0.949. The SMILES string of the molecule is c1ccc2c(-c3c(P(c4ccc(N5CCCC5)cc4)c4ccc(N5CCCC5)cc4)ccc4ccccc34)c(P(c3ccc(N4CCCC4)cc3)c3ccc(N4CCCC4)cc3)ccc2c1. The summed E-state index contributed by atoms with van der Waals surface area (Å²) in [4.78, 5) is 10.3. The van der Waals surface area contributed by atoms with E-state index in [0.717, 1.165) is 52.4 Å². The maximum absolute atomic E-state index is 2.57. The lowest BCUT2D eigenvalue weighted by Crippen LogP contribution is -2.27. The molecule has 0 aliphatic carbocycles. The molecule has 0 unspecified atom stereocenters. The van der Waals surface area contributed by atoms with Gasteiger partial charge in [0.05, 0.1) is 0 Å². The smallest absolute Gasteiger partial charge is 0.0366 e. The number of benzene rings is 8. The van der Waals surface area contributed by atoms with E-state index in [1.807, 2.05) is 0 Å². The lowest BCUT2D eigenvalue weighted by Gasteiger charge is -2.29. The first-order valence-electron chi connectivity index (χ1n) is 24.8. The molecule has 4 nitrogen and oxygen atoms in total. The monoisotopic (exact) mass is 898 g/mol. The van der Waals surface area contributed by atoms with Crippen molar-refractivity contribution in [3.8, 4) is 11.1 Å². The Labute approximate surface area is 394 Å². The molecule has 12 rings (SSSR count). The Kier molecular flexibility index (Phi) is 11.7. The number of fused-ring (bicyclic) bond motifs is 2. The molecule has 8 aromatic rings. The Morgan fingerprint density at radius 3 is 0.788 bits per heavy atom. The predicted molar refractivity (Wildman–Crippen MR) is 290 cm³/mol. The second kappa shape index (κ2) is 18.6. The molecule has 330 valence electrons. The van der Waals surface area contributed by atoms with Gasteiger partial charge >= 0.3 is 0 Å². The molecular formula is C60H60N4P2. The Balaban J connectivity index is 1.09. The average Bonchev–Trinajstić information content (AvgIpc) is 4.25. The van der Waals surface area contributed by atoms with Gasteiger partial charge in [0.25, 0.3) is 0 Å². The van der Waals surface area contributed by atoms with E-state index < -0.39 is 15.8 Å². The van der Waals surface area contributed by atoms with E-state index in [2.05, 4.69) is 189 Å². The molecule has 0 spiro atoms. The zero-order valence-corrected chi connectivity index (χ0v) is 40.0. The van der Waals surface area contributed by atoms with Gasteiger partial charge in [0.1, 0.15) is 0 Å². The highest BCUT2D eigenvalue weighted by Crippen LogP contribution is 2.46. The molecule has 0 aromatic heterocycles. The third kappa shape index (κ3) is 8.05. The summed E-state index contributed by atoms with van der Waals surface area (Å²) in [6.45, 7) is 9.19. The summed E-state index contributed by atoms with van der Waals surface area (Å²) in [6.07, 6.45) is 10.2. The second-order valence-electron chi connectivity index (χ2n) is 18.9. The van der Waals surface area contributed by atoms with Crippen LogP contribution < -0.4 is 51.4 Å². The first kappa shape index (κ1) is 41.7. The minimum absolute atomic E-state index is 0.969. The van der Waals surface area contributed by atoms with Crippen LogP contribution in [-0.2, 0) is 0 Å². The zero-order valence-electron chi connectivity index (χ0n) is 38.2. The Morgan fingerprint density at radius 2 is 0.515 bits per heavy atom. The van der Waals surface area contributed by atoms with Crippen LogP contribution >= 0.6 is 15.8 Å². The number of nitrogens with zero attached hydrogens (tertiary/aromatic N) is 4. The molecule has 4 fully saturated rings. The number of hydrogen-bond acceptors (Lipinski definition) is 4. The van der Waals surface area contributed by atoms with Crippen LogP contribution in [0.3, 0.4) is 0 Å². The normalized spacial score (nSPS) is 16.6. The second-order valence-corrected chi connectivity index (χ2v) is 23.2. The van der Waals surface area contributed by atoms with E-state index in [1.54, 1.807) is 0 Å². The summed E-state index contributed by atoms with van der Waals surface area (Å²) in [6, 6.07) is 67.2. The first-order chi connectivity index (χ1) is 32.7. The van der Waals surface area contributed by atoms with Gasteiger partial charge in [0.15, 0.2) is 0 Å². The molecule has 4 aliphatic rings. The van der Waals surface area contributed by atoms with Crippen LogP contribution in [0.15, 0.2) is 170 Å². The van der Waals surface area contributed by atoms with Crippen LogP contribution in [0.25, 0.3) is 32.7 Å². The van der Waals surface area contributed by atoms with Gasteiger partial charge < -0.3 is 19.6 Å². The van der Waals surface area contributed by atoms with E-state index in [4.69, 9.17) is 0 Å². The molecule has 4 heterocycles. The minimum atomic E-state index is -0.969. The summed E-state index contributed by atoms with van der Waals surface area (Å²) in [5, 5.41) is 13.7. The molecule has 6 heteroatoms. The maximum Gasteiger partial charge on any atom is 0.0366 e. The van der Waals surface area contributed by atoms with Gasteiger partial charge in [0.2, 0.25) is 0 Å². The minimum Gasteiger partial charge on any atom is -0.372 e. The molecule has 0 saturated carbocycles. The summed E-state index contributed by atoms with van der Waals surface area (Å²) in [7, 11) is -1.94. The fourth-order valence-corrected chi connectivity index (χ4v) is 16.3. The van der Waals surface area contributed by atoms with Crippen LogP contribution in [0.5, 0.6) is 0 Å². The Morgan fingerprint density at radius 1 is 0.258 bits per heavy atom. The standard InChI is InChI=1S/C60H60N4P2/c1-3-15-55-45(13-1)17-35-57(65(51-27-19-47(20-28-51)61-37-5-6-38-61)52-29-21-48(22-30-52)62-39-7-8-40-62)59(55)60-56-16-4-2-14-46(56)18-36-58(60)66(53-31-23-49(24-32-53)63-41-9-10-42-63)54-33-25-50(26-34-54)64-43-11-12-44-64/h1-4,13-36H,5-12,37-44H2. The number of anilines is 4. The van der Waals surface area contributed by atoms with Crippen molar-refractivity contribution in [1.29, 1.82) is 0 Å². The quantitative estimate of drug-likeness (QED) is 0.120. The van der Waals surface area contributed by atoms with Crippen molar-refractivity contribution in [3.05, 3.63) is 170 Å². The number of rotatable bonds is 11. The third-order valence-corrected chi connectivity index (χ3v) is 19.8. The van der Waals surface area contributed by atoms with Crippen molar-refractivity contribution in [2.45, 2.75) is 51.4 Å². The summed E-state index contributed by atoms with van der Waals surface area (Å²) in [5.41, 5.74) is 8.16. The highest BCUT2D eigenvalue weighted by atomic mass is 31.1. The van der Waals surface area contributed by atoms with Crippen LogP contribution in [0.1, 0.15) is 51.4 Å². The third-order valence-electron chi connectivity index (χ3n) is 14.9. The van der Waals surface area contributed by atoms with Crippen LogP contribution in [0.2, 0.25) is 0 Å².